The van der Waals surface area contributed by atoms with E-state index in [0.717, 1.165) is 0 Å². The summed E-state index contributed by atoms with van der Waals surface area (Å²) in [5, 5.41) is 0.469. The Hall–Kier alpha value is -1.81. The first-order valence-corrected chi connectivity index (χ1v) is 7.68. The number of ether oxygens (including phenoxy) is 1. The van der Waals surface area contributed by atoms with Crippen LogP contribution in [-0.4, -0.2) is 18.9 Å². The number of hydrogen-bond donors (Lipinski definition) is 0. The van der Waals surface area contributed by atoms with Crippen LogP contribution in [0.25, 0.3) is 0 Å². The molecule has 0 unspecified atom stereocenters. The SMILES string of the molecule is COc1ccc(Cl)cc1N1C(=O)[C@H]2CC(C)=C(C)C[C@H]2C1=O. The molecule has 1 aromatic carbocycles. The number of benzene rings is 1. The van der Waals surface area contributed by atoms with Gasteiger partial charge in [0.05, 0.1) is 24.6 Å². The van der Waals surface area contributed by atoms with Crippen molar-refractivity contribution in [3.63, 3.8) is 0 Å². The van der Waals surface area contributed by atoms with Crippen LogP contribution in [0, 0.1) is 11.8 Å². The molecule has 5 heteroatoms. The molecule has 0 bridgehead atoms. The van der Waals surface area contributed by atoms with Crippen LogP contribution in [0.3, 0.4) is 0 Å². The Kier molecular flexibility index (Phi) is 3.73. The van der Waals surface area contributed by atoms with Gasteiger partial charge in [0, 0.05) is 5.02 Å². The molecule has 0 radical (unpaired) electrons. The van der Waals surface area contributed by atoms with Gasteiger partial charge in [-0.3, -0.25) is 9.59 Å². The summed E-state index contributed by atoms with van der Waals surface area (Å²) in [6.07, 6.45) is 1.31. The first-order chi connectivity index (χ1) is 10.4. The predicted octanol–water partition coefficient (Wildman–Crippen LogP) is 3.58. The van der Waals surface area contributed by atoms with Crippen molar-refractivity contribution in [2.45, 2.75) is 26.7 Å². The molecule has 2 atom stereocenters. The van der Waals surface area contributed by atoms with Crippen molar-refractivity contribution in [2.24, 2.45) is 11.8 Å². The summed E-state index contributed by atoms with van der Waals surface area (Å²) < 4.78 is 5.29. The fraction of sp³-hybridized carbons (Fsp3) is 0.412. The van der Waals surface area contributed by atoms with E-state index < -0.39 is 0 Å². The van der Waals surface area contributed by atoms with Crippen molar-refractivity contribution in [3.05, 3.63) is 34.4 Å². The summed E-state index contributed by atoms with van der Waals surface area (Å²) in [6.45, 7) is 4.07. The second kappa shape index (κ2) is 5.43. The zero-order valence-corrected chi connectivity index (χ0v) is 13.6. The number of allylic oxidation sites excluding steroid dienone is 2. The number of rotatable bonds is 2. The Bertz CT molecular complexity index is 663. The number of carbonyl (C=O) groups is 2. The third kappa shape index (κ3) is 2.22. The summed E-state index contributed by atoms with van der Waals surface area (Å²) >= 11 is 6.03. The average molecular weight is 320 g/mol. The van der Waals surface area contributed by atoms with E-state index in [4.69, 9.17) is 16.3 Å². The first kappa shape index (κ1) is 15.1. The molecule has 0 N–H and O–H groups in total. The molecule has 1 saturated heterocycles. The largest absolute Gasteiger partial charge is 0.495 e. The molecule has 0 saturated carbocycles. The Morgan fingerprint density at radius 2 is 1.64 bits per heavy atom. The highest BCUT2D eigenvalue weighted by Crippen LogP contribution is 2.44. The van der Waals surface area contributed by atoms with Crippen LogP contribution in [0.1, 0.15) is 26.7 Å². The number of imide groups is 1. The van der Waals surface area contributed by atoms with Crippen molar-refractivity contribution in [3.8, 4) is 5.75 Å². The first-order valence-electron chi connectivity index (χ1n) is 7.30. The van der Waals surface area contributed by atoms with Crippen LogP contribution in [-0.2, 0) is 9.59 Å². The second-order valence-corrected chi connectivity index (χ2v) is 6.45. The standard InChI is InChI=1S/C17H18ClNO3/c1-9-6-12-13(7-10(9)2)17(21)19(16(12)20)14-8-11(18)4-5-15(14)22-3/h4-5,8,12-13H,6-7H2,1-3H3/t12-,13+. The van der Waals surface area contributed by atoms with Gasteiger partial charge in [0.2, 0.25) is 11.8 Å². The van der Waals surface area contributed by atoms with Crippen LogP contribution in [0.15, 0.2) is 29.3 Å². The predicted molar refractivity (Wildman–Crippen MR) is 85.1 cm³/mol. The summed E-state index contributed by atoms with van der Waals surface area (Å²) in [5.41, 5.74) is 2.86. The summed E-state index contributed by atoms with van der Waals surface area (Å²) in [7, 11) is 1.51. The lowest BCUT2D eigenvalue weighted by Crippen LogP contribution is -2.31. The number of methoxy groups -OCH3 is 1. The van der Waals surface area contributed by atoms with Gasteiger partial charge in [-0.25, -0.2) is 4.90 Å². The summed E-state index contributed by atoms with van der Waals surface area (Å²) in [4.78, 5) is 26.8. The van der Waals surface area contributed by atoms with Gasteiger partial charge in [0.1, 0.15) is 5.75 Å². The van der Waals surface area contributed by atoms with E-state index in [1.54, 1.807) is 18.2 Å². The summed E-state index contributed by atoms with van der Waals surface area (Å²) in [6, 6.07) is 4.97. The number of carbonyl (C=O) groups excluding carboxylic acids is 2. The van der Waals surface area contributed by atoms with Gasteiger partial charge < -0.3 is 4.74 Å². The lowest BCUT2D eigenvalue weighted by molar-refractivity contribution is -0.122. The molecule has 22 heavy (non-hydrogen) atoms. The van der Waals surface area contributed by atoms with E-state index in [-0.39, 0.29) is 23.7 Å². The van der Waals surface area contributed by atoms with Crippen LogP contribution in [0.2, 0.25) is 5.02 Å². The fourth-order valence-corrected chi connectivity index (χ4v) is 3.49. The third-order valence-corrected chi connectivity index (χ3v) is 4.96. The average Bonchev–Trinajstić information content (AvgIpc) is 2.71. The van der Waals surface area contributed by atoms with Gasteiger partial charge in [-0.05, 0) is 44.9 Å². The third-order valence-electron chi connectivity index (χ3n) is 4.72. The van der Waals surface area contributed by atoms with Gasteiger partial charge in [0.15, 0.2) is 0 Å². The van der Waals surface area contributed by atoms with Gasteiger partial charge in [-0.15, -0.1) is 0 Å². The van der Waals surface area contributed by atoms with Crippen molar-refractivity contribution in [2.75, 3.05) is 12.0 Å². The van der Waals surface area contributed by atoms with E-state index in [9.17, 15) is 9.59 Å². The molecule has 0 spiro atoms. The Morgan fingerprint density at radius 1 is 1.09 bits per heavy atom. The molecule has 2 aliphatic rings. The van der Waals surface area contributed by atoms with Crippen LogP contribution in [0.4, 0.5) is 5.69 Å². The number of halogens is 1. The van der Waals surface area contributed by atoms with Crippen LogP contribution < -0.4 is 9.64 Å². The smallest absolute Gasteiger partial charge is 0.238 e. The number of anilines is 1. The lowest BCUT2D eigenvalue weighted by Gasteiger charge is -2.23. The fourth-order valence-electron chi connectivity index (χ4n) is 3.33. The zero-order chi connectivity index (χ0) is 16.0. The quantitative estimate of drug-likeness (QED) is 0.618. The lowest BCUT2D eigenvalue weighted by atomic mass is 9.78. The van der Waals surface area contributed by atoms with E-state index in [0.29, 0.717) is 29.3 Å². The Labute approximate surface area is 134 Å². The molecule has 1 heterocycles. The molecule has 1 aliphatic heterocycles. The van der Waals surface area contributed by atoms with Gasteiger partial charge in [0.25, 0.3) is 0 Å². The number of fused-ring (bicyclic) bond motifs is 1. The van der Waals surface area contributed by atoms with Crippen molar-refractivity contribution in [1.82, 2.24) is 0 Å². The molecule has 1 fully saturated rings. The van der Waals surface area contributed by atoms with E-state index in [1.807, 2.05) is 13.8 Å². The molecule has 1 aliphatic carbocycles. The highest BCUT2D eigenvalue weighted by molar-refractivity contribution is 6.31. The maximum atomic E-state index is 12.8. The number of hydrogen-bond acceptors (Lipinski definition) is 3. The number of amides is 2. The van der Waals surface area contributed by atoms with Crippen molar-refractivity contribution in [1.29, 1.82) is 0 Å². The molecule has 3 rings (SSSR count). The highest BCUT2D eigenvalue weighted by Gasteiger charge is 2.50. The van der Waals surface area contributed by atoms with Gasteiger partial charge >= 0.3 is 0 Å². The monoisotopic (exact) mass is 319 g/mol. The molecule has 2 amide bonds. The maximum Gasteiger partial charge on any atom is 0.238 e. The van der Waals surface area contributed by atoms with Crippen molar-refractivity contribution >= 4 is 29.1 Å². The molecule has 4 nitrogen and oxygen atoms in total. The zero-order valence-electron chi connectivity index (χ0n) is 12.9. The molecule has 1 aromatic rings. The van der Waals surface area contributed by atoms with E-state index in [1.165, 1.54) is 23.2 Å². The van der Waals surface area contributed by atoms with Crippen LogP contribution in [0.5, 0.6) is 5.75 Å². The van der Waals surface area contributed by atoms with E-state index in [2.05, 4.69) is 0 Å². The minimum absolute atomic E-state index is 0.151. The Balaban J connectivity index is 2.03. The van der Waals surface area contributed by atoms with Crippen LogP contribution >= 0.6 is 11.6 Å². The molecular formula is C17H18ClNO3. The minimum Gasteiger partial charge on any atom is -0.495 e. The summed E-state index contributed by atoms with van der Waals surface area (Å²) in [5.74, 6) is -0.351. The minimum atomic E-state index is -0.264. The maximum absolute atomic E-state index is 12.8. The molecule has 116 valence electrons. The molecule has 0 aromatic heterocycles. The topological polar surface area (TPSA) is 46.6 Å². The van der Waals surface area contributed by atoms with Crippen molar-refractivity contribution < 1.29 is 14.3 Å². The normalized spacial score (nSPS) is 24.8. The number of nitrogens with zero attached hydrogens (tertiary/aromatic N) is 1. The van der Waals surface area contributed by atoms with Gasteiger partial charge in [-0.2, -0.15) is 0 Å². The second-order valence-electron chi connectivity index (χ2n) is 6.01. The van der Waals surface area contributed by atoms with Gasteiger partial charge in [-0.1, -0.05) is 22.7 Å². The Morgan fingerprint density at radius 3 is 2.14 bits per heavy atom. The highest BCUT2D eigenvalue weighted by atomic mass is 35.5. The molecular weight excluding hydrogens is 302 g/mol. The van der Waals surface area contributed by atoms with E-state index >= 15 is 0 Å².